The number of carbonyl (C=O) groups is 1. The average molecular weight is 367 g/mol. The number of carbonyl (C=O) groups excluding carboxylic acids is 1. The lowest BCUT2D eigenvalue weighted by atomic mass is 10.0. The molecule has 0 fully saturated rings. The van der Waals surface area contributed by atoms with E-state index < -0.39 is 12.9 Å². The first-order chi connectivity index (χ1) is 13.1. The largest absolute Gasteiger partial charge is 0.463 e. The van der Waals surface area contributed by atoms with Gasteiger partial charge in [0, 0.05) is 25.5 Å². The lowest BCUT2D eigenvalue weighted by Crippen LogP contribution is -2.31. The third-order valence-electron chi connectivity index (χ3n) is 4.04. The number of benzene rings is 1. The first-order valence-electron chi connectivity index (χ1n) is 8.25. The van der Waals surface area contributed by atoms with Gasteiger partial charge in [0.05, 0.1) is 17.3 Å². The summed E-state index contributed by atoms with van der Waals surface area (Å²) in [7, 11) is 1.58. The molecule has 0 aliphatic heterocycles. The number of hydrogen-bond acceptors (Lipinski definition) is 4. The number of nitrogens with zero attached hydrogens (tertiary/aromatic N) is 2. The molecular formula is C20H18FN3O3. The third kappa shape index (κ3) is 4.38. The second-order valence-corrected chi connectivity index (χ2v) is 5.85. The molecule has 1 atom stereocenters. The Balaban J connectivity index is 1.91. The summed E-state index contributed by atoms with van der Waals surface area (Å²) < 4.78 is 18.5. The molecule has 7 heteroatoms. The van der Waals surface area contributed by atoms with E-state index in [1.165, 1.54) is 22.9 Å². The van der Waals surface area contributed by atoms with Crippen LogP contribution >= 0.6 is 0 Å². The van der Waals surface area contributed by atoms with Gasteiger partial charge in [0.15, 0.2) is 0 Å². The van der Waals surface area contributed by atoms with Gasteiger partial charge in [-0.1, -0.05) is 18.2 Å². The van der Waals surface area contributed by atoms with E-state index in [0.29, 0.717) is 17.0 Å². The van der Waals surface area contributed by atoms with Gasteiger partial charge in [0.25, 0.3) is 5.91 Å². The van der Waals surface area contributed by atoms with Gasteiger partial charge < -0.3 is 14.6 Å². The van der Waals surface area contributed by atoms with Crippen molar-refractivity contribution in [2.24, 2.45) is 7.05 Å². The predicted molar refractivity (Wildman–Crippen MR) is 98.3 cm³/mol. The fraction of sp³-hybridized carbons (Fsp3) is 0.150. The molecule has 0 aliphatic carbocycles. The molecule has 6 nitrogen and oxygen atoms in total. The Morgan fingerprint density at radius 2 is 1.96 bits per heavy atom. The van der Waals surface area contributed by atoms with Gasteiger partial charge in [-0.3, -0.25) is 14.6 Å². The number of alkyl halides is 1. The summed E-state index contributed by atoms with van der Waals surface area (Å²) in [6.07, 6.45) is 3.12. The van der Waals surface area contributed by atoms with E-state index in [-0.39, 0.29) is 11.5 Å². The zero-order chi connectivity index (χ0) is 19.2. The lowest BCUT2D eigenvalue weighted by molar-refractivity contribution is 0.0941. The van der Waals surface area contributed by atoms with E-state index in [1.54, 1.807) is 49.6 Å². The molecule has 0 saturated carbocycles. The highest BCUT2D eigenvalue weighted by atomic mass is 19.1. The lowest BCUT2D eigenvalue weighted by Gasteiger charge is -2.19. The summed E-state index contributed by atoms with van der Waals surface area (Å²) in [6, 6.07) is 14.5. The van der Waals surface area contributed by atoms with Gasteiger partial charge in [0.2, 0.25) is 12.4 Å². The maximum atomic E-state index is 12.7. The molecule has 138 valence electrons. The molecule has 0 unspecified atom stereocenters. The Morgan fingerprint density at radius 3 is 2.59 bits per heavy atom. The SMILES string of the molecule is Cn1cc(C(=O)N[C@@H](c2ccc(OCF)cc2)c2ccccn2)ccc1=O. The van der Waals surface area contributed by atoms with Crippen LogP contribution < -0.4 is 15.6 Å². The van der Waals surface area contributed by atoms with Crippen molar-refractivity contribution in [3.63, 3.8) is 0 Å². The number of aryl methyl sites for hydroxylation is 1. The zero-order valence-electron chi connectivity index (χ0n) is 14.6. The first kappa shape index (κ1) is 18.3. The van der Waals surface area contributed by atoms with Gasteiger partial charge >= 0.3 is 0 Å². The molecule has 2 aromatic heterocycles. The third-order valence-corrected chi connectivity index (χ3v) is 4.04. The number of aromatic nitrogens is 2. The van der Waals surface area contributed by atoms with E-state index in [0.717, 1.165) is 5.56 Å². The zero-order valence-corrected chi connectivity index (χ0v) is 14.6. The molecule has 3 aromatic rings. The van der Waals surface area contributed by atoms with Crippen molar-refractivity contribution in [3.05, 3.63) is 94.2 Å². The summed E-state index contributed by atoms with van der Waals surface area (Å²) in [4.78, 5) is 28.6. The van der Waals surface area contributed by atoms with Gasteiger partial charge in [-0.05, 0) is 35.9 Å². The number of halogens is 1. The van der Waals surface area contributed by atoms with Crippen LogP contribution in [0.5, 0.6) is 5.75 Å². The second-order valence-electron chi connectivity index (χ2n) is 5.85. The van der Waals surface area contributed by atoms with E-state index >= 15 is 0 Å². The van der Waals surface area contributed by atoms with E-state index in [4.69, 9.17) is 4.74 Å². The number of pyridine rings is 2. The molecule has 0 spiro atoms. The molecule has 2 heterocycles. The minimum absolute atomic E-state index is 0.198. The van der Waals surface area contributed by atoms with Crippen molar-refractivity contribution in [2.75, 3.05) is 6.86 Å². The van der Waals surface area contributed by atoms with E-state index in [9.17, 15) is 14.0 Å². The Labute approximate surface area is 155 Å². The highest BCUT2D eigenvalue weighted by molar-refractivity contribution is 5.94. The molecular weight excluding hydrogens is 349 g/mol. The number of hydrogen-bond donors (Lipinski definition) is 1. The smallest absolute Gasteiger partial charge is 0.253 e. The minimum Gasteiger partial charge on any atom is -0.463 e. The van der Waals surface area contributed by atoms with Gasteiger partial charge in [-0.15, -0.1) is 0 Å². The molecule has 1 amide bonds. The number of ether oxygens (including phenoxy) is 1. The normalized spacial score (nSPS) is 11.6. The van der Waals surface area contributed by atoms with E-state index in [2.05, 4.69) is 10.3 Å². The van der Waals surface area contributed by atoms with Crippen molar-refractivity contribution in [2.45, 2.75) is 6.04 Å². The predicted octanol–water partition coefficient (Wildman–Crippen LogP) is 2.61. The average Bonchev–Trinajstić information content (AvgIpc) is 2.70. The van der Waals surface area contributed by atoms with Crippen LogP contribution in [0.3, 0.4) is 0 Å². The molecule has 1 N–H and O–H groups in total. The Bertz CT molecular complexity index is 972. The molecule has 1 aromatic carbocycles. The Kier molecular flexibility index (Phi) is 5.61. The molecule has 3 rings (SSSR count). The van der Waals surface area contributed by atoms with Crippen LogP contribution in [0.1, 0.15) is 27.7 Å². The van der Waals surface area contributed by atoms with Gasteiger partial charge in [-0.2, -0.15) is 0 Å². The quantitative estimate of drug-likeness (QED) is 0.727. The van der Waals surface area contributed by atoms with E-state index in [1.807, 2.05) is 6.07 Å². The molecule has 0 aliphatic rings. The number of nitrogens with one attached hydrogen (secondary N) is 1. The van der Waals surface area contributed by atoms with Crippen LogP contribution in [-0.4, -0.2) is 22.3 Å². The van der Waals surface area contributed by atoms with Gasteiger partial charge in [-0.25, -0.2) is 4.39 Å². The number of amides is 1. The van der Waals surface area contributed by atoms with Crippen molar-refractivity contribution < 1.29 is 13.9 Å². The van der Waals surface area contributed by atoms with Crippen LogP contribution in [-0.2, 0) is 7.05 Å². The molecule has 0 radical (unpaired) electrons. The Hall–Kier alpha value is -3.48. The van der Waals surface area contributed by atoms with Crippen molar-refractivity contribution in [3.8, 4) is 5.75 Å². The summed E-state index contributed by atoms with van der Waals surface area (Å²) in [6.45, 7) is -0.910. The topological polar surface area (TPSA) is 73.2 Å². The summed E-state index contributed by atoms with van der Waals surface area (Å²) in [5.74, 6) is 0.0516. The van der Waals surface area contributed by atoms with Crippen LogP contribution in [0.2, 0.25) is 0 Å². The van der Waals surface area contributed by atoms with Crippen LogP contribution in [0.15, 0.2) is 71.8 Å². The number of rotatable bonds is 6. The molecule has 27 heavy (non-hydrogen) atoms. The molecule has 0 saturated heterocycles. The fourth-order valence-electron chi connectivity index (χ4n) is 2.64. The minimum atomic E-state index is -0.910. The van der Waals surface area contributed by atoms with Crippen LogP contribution in [0, 0.1) is 0 Å². The van der Waals surface area contributed by atoms with Crippen molar-refractivity contribution >= 4 is 5.91 Å². The maximum Gasteiger partial charge on any atom is 0.253 e. The van der Waals surface area contributed by atoms with Crippen molar-refractivity contribution in [1.29, 1.82) is 0 Å². The summed E-state index contributed by atoms with van der Waals surface area (Å²) in [5, 5.41) is 2.93. The maximum absolute atomic E-state index is 12.7. The second kappa shape index (κ2) is 8.27. The Morgan fingerprint density at radius 1 is 1.19 bits per heavy atom. The monoisotopic (exact) mass is 367 g/mol. The van der Waals surface area contributed by atoms with Crippen LogP contribution in [0.4, 0.5) is 4.39 Å². The summed E-state index contributed by atoms with van der Waals surface area (Å²) >= 11 is 0. The highest BCUT2D eigenvalue weighted by Gasteiger charge is 2.19. The van der Waals surface area contributed by atoms with Crippen LogP contribution in [0.25, 0.3) is 0 Å². The molecule has 0 bridgehead atoms. The first-order valence-corrected chi connectivity index (χ1v) is 8.25. The highest BCUT2D eigenvalue weighted by Crippen LogP contribution is 2.23. The van der Waals surface area contributed by atoms with Gasteiger partial charge in [0.1, 0.15) is 5.75 Å². The standard InChI is InChI=1S/C20H18FN3O3/c1-24-12-15(7-10-18(24)25)20(26)23-19(17-4-2-3-11-22-17)14-5-8-16(9-6-14)27-13-21/h2-12,19H,13H2,1H3,(H,23,26)/t19-/m0/s1. The van der Waals surface area contributed by atoms with Crippen molar-refractivity contribution in [1.82, 2.24) is 14.9 Å². The summed E-state index contributed by atoms with van der Waals surface area (Å²) in [5.41, 5.74) is 1.57. The fourth-order valence-corrected chi connectivity index (χ4v) is 2.64.